The van der Waals surface area contributed by atoms with Gasteiger partial charge in [0.25, 0.3) is 0 Å². The van der Waals surface area contributed by atoms with E-state index < -0.39 is 0 Å². The Morgan fingerprint density at radius 2 is 2.24 bits per heavy atom. The molecule has 2 aromatic rings. The highest BCUT2D eigenvalue weighted by molar-refractivity contribution is 7.11. The molecule has 0 aliphatic carbocycles. The Labute approximate surface area is 105 Å². The van der Waals surface area contributed by atoms with Crippen molar-refractivity contribution in [3.8, 4) is 0 Å². The van der Waals surface area contributed by atoms with Gasteiger partial charge in [0, 0.05) is 11.1 Å². The Morgan fingerprint density at radius 1 is 1.47 bits per heavy atom. The lowest BCUT2D eigenvalue weighted by atomic mass is 10.3. The van der Waals surface area contributed by atoms with Crippen LogP contribution < -0.4 is 11.1 Å². The van der Waals surface area contributed by atoms with Crippen molar-refractivity contribution in [2.24, 2.45) is 5.73 Å². The number of nitrogens with zero attached hydrogens (tertiary/aromatic N) is 1. The number of aryl methyl sites for hydroxylation is 1. The molecular formula is C12H17N3OS. The molecule has 0 radical (unpaired) electrons. The molecule has 2 rings (SSSR count). The van der Waals surface area contributed by atoms with Gasteiger partial charge in [0.15, 0.2) is 0 Å². The van der Waals surface area contributed by atoms with Gasteiger partial charge in [-0.15, -0.1) is 11.3 Å². The van der Waals surface area contributed by atoms with Crippen molar-refractivity contribution < 1.29 is 4.42 Å². The van der Waals surface area contributed by atoms with E-state index in [0.29, 0.717) is 13.1 Å². The summed E-state index contributed by atoms with van der Waals surface area (Å²) < 4.78 is 5.52. The molecule has 0 aliphatic rings. The molecular weight excluding hydrogens is 234 g/mol. The van der Waals surface area contributed by atoms with Crippen molar-refractivity contribution in [1.29, 1.82) is 0 Å². The van der Waals surface area contributed by atoms with Crippen LogP contribution in [-0.2, 0) is 13.1 Å². The Balaban J connectivity index is 1.89. The van der Waals surface area contributed by atoms with Gasteiger partial charge in [0.05, 0.1) is 19.1 Å². The summed E-state index contributed by atoms with van der Waals surface area (Å²) in [6.07, 6.45) is 1.90. The topological polar surface area (TPSA) is 64.1 Å². The normalized spacial score (nSPS) is 12.9. The van der Waals surface area contributed by atoms with Crippen molar-refractivity contribution in [1.82, 2.24) is 10.3 Å². The number of rotatable bonds is 5. The van der Waals surface area contributed by atoms with E-state index in [9.17, 15) is 0 Å². The molecule has 0 saturated carbocycles. The first-order valence-electron chi connectivity index (χ1n) is 5.62. The number of nitrogens with two attached hydrogens (primary N) is 1. The van der Waals surface area contributed by atoms with Gasteiger partial charge < -0.3 is 15.5 Å². The van der Waals surface area contributed by atoms with Crippen LogP contribution in [0.4, 0.5) is 0 Å². The molecule has 0 aromatic carbocycles. The Kier molecular flexibility index (Phi) is 3.93. The Bertz CT molecular complexity index is 478. The highest BCUT2D eigenvalue weighted by atomic mass is 32.1. The van der Waals surface area contributed by atoms with E-state index in [1.165, 1.54) is 4.88 Å². The highest BCUT2D eigenvalue weighted by Gasteiger charge is 2.09. The minimum atomic E-state index is 0.236. The Morgan fingerprint density at radius 3 is 2.82 bits per heavy atom. The second kappa shape index (κ2) is 5.44. The van der Waals surface area contributed by atoms with Crippen LogP contribution in [0.1, 0.15) is 34.4 Å². The summed E-state index contributed by atoms with van der Waals surface area (Å²) in [4.78, 5) is 5.59. The molecule has 1 atom stereocenters. The van der Waals surface area contributed by atoms with E-state index in [4.69, 9.17) is 10.2 Å². The zero-order valence-corrected chi connectivity index (χ0v) is 10.9. The molecule has 1 unspecified atom stereocenters. The minimum absolute atomic E-state index is 0.236. The van der Waals surface area contributed by atoms with Crippen LogP contribution >= 0.6 is 11.3 Å². The quantitative estimate of drug-likeness (QED) is 0.856. The van der Waals surface area contributed by atoms with E-state index in [0.717, 1.165) is 16.5 Å². The van der Waals surface area contributed by atoms with Gasteiger partial charge >= 0.3 is 0 Å². The average molecular weight is 251 g/mol. The van der Waals surface area contributed by atoms with Crippen LogP contribution in [-0.4, -0.2) is 4.98 Å². The number of furan rings is 1. The smallest absolute Gasteiger partial charge is 0.118 e. The average Bonchev–Trinajstić information content (AvgIpc) is 2.94. The van der Waals surface area contributed by atoms with E-state index in [1.54, 1.807) is 11.3 Å². The summed E-state index contributed by atoms with van der Waals surface area (Å²) in [5, 5.41) is 4.48. The van der Waals surface area contributed by atoms with Crippen molar-refractivity contribution in [3.63, 3.8) is 0 Å². The first kappa shape index (κ1) is 12.3. The summed E-state index contributed by atoms with van der Waals surface area (Å²) in [5.41, 5.74) is 5.49. The molecule has 0 aliphatic heterocycles. The van der Waals surface area contributed by atoms with Gasteiger partial charge in [-0.25, -0.2) is 4.98 Å². The van der Waals surface area contributed by atoms with Crippen molar-refractivity contribution >= 4 is 11.3 Å². The van der Waals surface area contributed by atoms with E-state index in [-0.39, 0.29) is 6.04 Å². The molecule has 4 nitrogen and oxygen atoms in total. The molecule has 2 aromatic heterocycles. The van der Waals surface area contributed by atoms with Crippen molar-refractivity contribution in [2.45, 2.75) is 33.0 Å². The first-order valence-corrected chi connectivity index (χ1v) is 6.44. The second-order valence-corrected chi connectivity index (χ2v) is 5.25. The van der Waals surface area contributed by atoms with E-state index in [2.05, 4.69) is 24.1 Å². The summed E-state index contributed by atoms with van der Waals surface area (Å²) >= 11 is 1.72. The third kappa shape index (κ3) is 3.15. The van der Waals surface area contributed by atoms with Crippen LogP contribution in [0, 0.1) is 6.92 Å². The third-order valence-electron chi connectivity index (χ3n) is 2.51. The molecule has 17 heavy (non-hydrogen) atoms. The summed E-state index contributed by atoms with van der Waals surface area (Å²) in [5.74, 6) is 1.73. The fraction of sp³-hybridized carbons (Fsp3) is 0.417. The number of nitrogens with one attached hydrogen (secondary N) is 1. The highest BCUT2D eigenvalue weighted by Crippen LogP contribution is 2.19. The zero-order valence-electron chi connectivity index (χ0n) is 10.1. The molecule has 92 valence electrons. The molecule has 0 fully saturated rings. The molecule has 5 heteroatoms. The summed E-state index contributed by atoms with van der Waals surface area (Å²) in [7, 11) is 0. The number of hydrogen-bond acceptors (Lipinski definition) is 5. The predicted octanol–water partition coefficient (Wildman–Crippen LogP) is 2.35. The predicted molar refractivity (Wildman–Crippen MR) is 68.7 cm³/mol. The standard InChI is InChI=1S/C12H17N3OS/c1-8-6-15-12(17-8)9(2)14-7-11-4-3-10(5-13)16-11/h3-4,6,9,14H,5,7,13H2,1-2H3. The van der Waals surface area contributed by atoms with Gasteiger partial charge in [0.2, 0.25) is 0 Å². The van der Waals surface area contributed by atoms with Gasteiger partial charge in [-0.05, 0) is 26.0 Å². The van der Waals surface area contributed by atoms with Gasteiger partial charge in [-0.2, -0.15) is 0 Å². The second-order valence-electron chi connectivity index (χ2n) is 3.98. The minimum Gasteiger partial charge on any atom is -0.463 e. The molecule has 3 N–H and O–H groups in total. The maximum absolute atomic E-state index is 5.52. The third-order valence-corrected chi connectivity index (χ3v) is 3.61. The molecule has 0 bridgehead atoms. The number of hydrogen-bond donors (Lipinski definition) is 2. The van der Waals surface area contributed by atoms with Gasteiger partial charge in [0.1, 0.15) is 16.5 Å². The van der Waals surface area contributed by atoms with Crippen LogP contribution in [0.2, 0.25) is 0 Å². The lowest BCUT2D eigenvalue weighted by molar-refractivity contribution is 0.433. The summed E-state index contributed by atoms with van der Waals surface area (Å²) in [6, 6.07) is 4.10. The first-order chi connectivity index (χ1) is 8.19. The zero-order chi connectivity index (χ0) is 12.3. The Hall–Kier alpha value is -1.17. The van der Waals surface area contributed by atoms with Gasteiger partial charge in [-0.3, -0.25) is 0 Å². The van der Waals surface area contributed by atoms with E-state index >= 15 is 0 Å². The van der Waals surface area contributed by atoms with Crippen LogP contribution in [0.5, 0.6) is 0 Å². The maximum Gasteiger partial charge on any atom is 0.118 e. The van der Waals surface area contributed by atoms with Crippen molar-refractivity contribution in [2.75, 3.05) is 0 Å². The van der Waals surface area contributed by atoms with Crippen LogP contribution in [0.3, 0.4) is 0 Å². The van der Waals surface area contributed by atoms with Crippen LogP contribution in [0.15, 0.2) is 22.7 Å². The largest absolute Gasteiger partial charge is 0.463 e. The van der Waals surface area contributed by atoms with Crippen LogP contribution in [0.25, 0.3) is 0 Å². The maximum atomic E-state index is 5.52. The lowest BCUT2D eigenvalue weighted by Crippen LogP contribution is -2.17. The van der Waals surface area contributed by atoms with E-state index in [1.807, 2.05) is 18.3 Å². The molecule has 0 spiro atoms. The lowest BCUT2D eigenvalue weighted by Gasteiger charge is -2.09. The van der Waals surface area contributed by atoms with Gasteiger partial charge in [-0.1, -0.05) is 0 Å². The number of aromatic nitrogens is 1. The number of thiazole rings is 1. The fourth-order valence-electron chi connectivity index (χ4n) is 1.54. The molecule has 0 amide bonds. The van der Waals surface area contributed by atoms with Crippen molar-refractivity contribution in [3.05, 3.63) is 39.7 Å². The molecule has 0 saturated heterocycles. The fourth-order valence-corrected chi connectivity index (χ4v) is 2.34. The SMILES string of the molecule is Cc1cnc(C(C)NCc2ccc(CN)o2)s1. The monoisotopic (exact) mass is 251 g/mol. The molecule has 2 heterocycles. The summed E-state index contributed by atoms with van der Waals surface area (Å²) in [6.45, 7) is 5.31.